The lowest BCUT2D eigenvalue weighted by Gasteiger charge is -2.39. The van der Waals surface area contributed by atoms with Gasteiger partial charge in [-0.1, -0.05) is 0 Å². The van der Waals surface area contributed by atoms with Gasteiger partial charge in [-0.15, -0.1) is 0 Å². The first-order chi connectivity index (χ1) is 13.5. The molecule has 7 nitrogen and oxygen atoms in total. The molecule has 0 amide bonds. The van der Waals surface area contributed by atoms with E-state index < -0.39 is 5.97 Å². The van der Waals surface area contributed by atoms with Crippen molar-refractivity contribution < 1.29 is 19.4 Å². The van der Waals surface area contributed by atoms with Crippen molar-refractivity contribution in [2.24, 2.45) is 5.41 Å². The van der Waals surface area contributed by atoms with Crippen LogP contribution in [0, 0.1) is 5.41 Å². The Balaban J connectivity index is 1.34. The molecule has 2 saturated heterocycles. The first kappa shape index (κ1) is 19.1. The topological polar surface area (TPSA) is 78.0 Å². The van der Waals surface area contributed by atoms with Crippen molar-refractivity contribution in [1.82, 2.24) is 14.8 Å². The van der Waals surface area contributed by atoms with Gasteiger partial charge in [0.25, 0.3) is 0 Å². The van der Waals surface area contributed by atoms with Gasteiger partial charge >= 0.3 is 5.97 Å². The van der Waals surface area contributed by atoms with Crippen molar-refractivity contribution in [3.8, 4) is 11.5 Å². The standard InChI is InChI=1S/C21H29N3O4/c1-23-6-3-21(14-23)4-7-24(8-5-21)9-10-28-19-12-15-11-17(20(25)26)22-16(15)13-18(19)27-2/h11-13,22H,3-10,14H2,1-2H3,(H,25,26). The summed E-state index contributed by atoms with van der Waals surface area (Å²) >= 11 is 0. The molecule has 2 N–H and O–H groups in total. The highest BCUT2D eigenvalue weighted by Crippen LogP contribution is 2.39. The number of carbonyl (C=O) groups is 1. The van der Waals surface area contributed by atoms with Crippen molar-refractivity contribution in [3.63, 3.8) is 0 Å². The smallest absolute Gasteiger partial charge is 0.352 e. The Morgan fingerprint density at radius 2 is 1.93 bits per heavy atom. The van der Waals surface area contributed by atoms with E-state index in [1.54, 1.807) is 19.2 Å². The van der Waals surface area contributed by atoms with Crippen molar-refractivity contribution in [2.45, 2.75) is 19.3 Å². The molecule has 152 valence electrons. The molecule has 4 rings (SSSR count). The molecule has 28 heavy (non-hydrogen) atoms. The summed E-state index contributed by atoms with van der Waals surface area (Å²) in [4.78, 5) is 19.0. The quantitative estimate of drug-likeness (QED) is 0.794. The molecule has 2 aliphatic heterocycles. The van der Waals surface area contributed by atoms with E-state index in [0.29, 0.717) is 23.5 Å². The summed E-state index contributed by atoms with van der Waals surface area (Å²) in [5.41, 5.74) is 1.43. The van der Waals surface area contributed by atoms with Crippen molar-refractivity contribution in [3.05, 3.63) is 23.9 Å². The van der Waals surface area contributed by atoms with E-state index in [1.165, 1.54) is 32.4 Å². The van der Waals surface area contributed by atoms with Crippen LogP contribution >= 0.6 is 0 Å². The molecule has 3 heterocycles. The van der Waals surface area contributed by atoms with Crippen molar-refractivity contribution >= 4 is 16.9 Å². The maximum Gasteiger partial charge on any atom is 0.352 e. The van der Waals surface area contributed by atoms with Crippen LogP contribution in [-0.4, -0.2) is 79.3 Å². The maximum atomic E-state index is 11.2. The monoisotopic (exact) mass is 387 g/mol. The minimum Gasteiger partial charge on any atom is -0.493 e. The molecule has 2 aliphatic rings. The number of methoxy groups -OCH3 is 1. The third-order valence-electron chi connectivity index (χ3n) is 6.35. The van der Waals surface area contributed by atoms with Crippen LogP contribution in [0.5, 0.6) is 11.5 Å². The summed E-state index contributed by atoms with van der Waals surface area (Å²) in [6.07, 6.45) is 3.88. The summed E-state index contributed by atoms with van der Waals surface area (Å²) < 4.78 is 11.4. The van der Waals surface area contributed by atoms with Gasteiger partial charge in [-0.05, 0) is 63.5 Å². The second kappa shape index (κ2) is 7.64. The Kier molecular flexibility index (Phi) is 5.21. The number of aromatic nitrogens is 1. The number of aromatic amines is 1. The fourth-order valence-electron chi connectivity index (χ4n) is 4.63. The summed E-state index contributed by atoms with van der Waals surface area (Å²) in [6, 6.07) is 5.25. The van der Waals surface area contributed by atoms with E-state index in [4.69, 9.17) is 14.6 Å². The molecule has 1 aromatic carbocycles. The molecular weight excluding hydrogens is 358 g/mol. The lowest BCUT2D eigenvalue weighted by molar-refractivity contribution is 0.0691. The van der Waals surface area contributed by atoms with Crippen molar-refractivity contribution in [1.29, 1.82) is 0 Å². The highest BCUT2D eigenvalue weighted by Gasteiger charge is 2.39. The fourth-order valence-corrected chi connectivity index (χ4v) is 4.63. The molecule has 1 spiro atoms. The van der Waals surface area contributed by atoms with Crippen LogP contribution < -0.4 is 9.47 Å². The number of carboxylic acid groups (broad SMARTS) is 1. The Labute approximate surface area is 165 Å². The van der Waals surface area contributed by atoms with Gasteiger partial charge in [-0.2, -0.15) is 0 Å². The first-order valence-corrected chi connectivity index (χ1v) is 9.96. The lowest BCUT2D eigenvalue weighted by Crippen LogP contribution is -2.42. The summed E-state index contributed by atoms with van der Waals surface area (Å²) in [6.45, 7) is 6.21. The van der Waals surface area contributed by atoms with Gasteiger partial charge in [0.05, 0.1) is 12.6 Å². The predicted molar refractivity (Wildman–Crippen MR) is 108 cm³/mol. The zero-order valence-electron chi connectivity index (χ0n) is 16.7. The molecule has 0 aliphatic carbocycles. The number of hydrogen-bond acceptors (Lipinski definition) is 5. The van der Waals surface area contributed by atoms with Gasteiger partial charge in [-0.25, -0.2) is 4.79 Å². The molecule has 0 bridgehead atoms. The first-order valence-electron chi connectivity index (χ1n) is 9.96. The number of likely N-dealkylation sites (tertiary alicyclic amines) is 2. The highest BCUT2D eigenvalue weighted by atomic mass is 16.5. The average molecular weight is 387 g/mol. The Morgan fingerprint density at radius 3 is 2.57 bits per heavy atom. The Bertz CT molecular complexity index is 855. The minimum absolute atomic E-state index is 0.161. The van der Waals surface area contributed by atoms with Crippen LogP contribution in [0.25, 0.3) is 10.9 Å². The summed E-state index contributed by atoms with van der Waals surface area (Å²) in [5.74, 6) is 0.281. The van der Waals surface area contributed by atoms with Gasteiger partial charge in [0.15, 0.2) is 11.5 Å². The number of hydrogen-bond donors (Lipinski definition) is 2. The van der Waals surface area contributed by atoms with Crippen LogP contribution in [0.2, 0.25) is 0 Å². The number of fused-ring (bicyclic) bond motifs is 1. The van der Waals surface area contributed by atoms with Crippen LogP contribution in [-0.2, 0) is 0 Å². The van der Waals surface area contributed by atoms with E-state index in [0.717, 1.165) is 30.5 Å². The highest BCUT2D eigenvalue weighted by molar-refractivity contribution is 5.94. The van der Waals surface area contributed by atoms with Gasteiger partial charge in [0.1, 0.15) is 12.3 Å². The molecule has 2 fully saturated rings. The second-order valence-electron chi connectivity index (χ2n) is 8.26. The molecule has 2 aromatic rings. The third-order valence-corrected chi connectivity index (χ3v) is 6.35. The number of piperidine rings is 1. The normalized spacial score (nSPS) is 20.1. The molecule has 0 saturated carbocycles. The lowest BCUT2D eigenvalue weighted by atomic mass is 9.78. The largest absolute Gasteiger partial charge is 0.493 e. The number of H-pyrrole nitrogens is 1. The SMILES string of the molecule is COc1cc2[nH]c(C(=O)O)cc2cc1OCCN1CCC2(CCN(C)C2)CC1. The number of ether oxygens (including phenoxy) is 2. The minimum atomic E-state index is -0.978. The number of nitrogens with one attached hydrogen (secondary N) is 1. The number of nitrogens with zero attached hydrogens (tertiary/aromatic N) is 2. The van der Waals surface area contributed by atoms with Crippen molar-refractivity contribution in [2.75, 3.05) is 53.5 Å². The predicted octanol–water partition coefficient (Wildman–Crippen LogP) is 2.67. The maximum absolute atomic E-state index is 11.2. The third kappa shape index (κ3) is 3.82. The molecule has 0 atom stereocenters. The van der Waals surface area contributed by atoms with Crippen LogP contribution in [0.4, 0.5) is 0 Å². The summed E-state index contributed by atoms with van der Waals surface area (Å²) in [5, 5.41) is 9.96. The van der Waals surface area contributed by atoms with E-state index in [1.807, 2.05) is 6.07 Å². The van der Waals surface area contributed by atoms with Gasteiger partial charge in [-0.3, -0.25) is 4.90 Å². The number of rotatable bonds is 6. The summed E-state index contributed by atoms with van der Waals surface area (Å²) in [7, 11) is 3.82. The molecule has 7 heteroatoms. The van der Waals surface area contributed by atoms with E-state index >= 15 is 0 Å². The number of aromatic carboxylic acids is 1. The molecule has 1 aromatic heterocycles. The van der Waals surface area contributed by atoms with E-state index in [9.17, 15) is 4.79 Å². The fraction of sp³-hybridized carbons (Fsp3) is 0.571. The van der Waals surface area contributed by atoms with E-state index in [-0.39, 0.29) is 5.69 Å². The average Bonchev–Trinajstić information content (AvgIpc) is 3.26. The Morgan fingerprint density at radius 1 is 1.18 bits per heavy atom. The zero-order chi connectivity index (χ0) is 19.7. The van der Waals surface area contributed by atoms with E-state index in [2.05, 4.69) is 21.8 Å². The van der Waals surface area contributed by atoms with Crippen LogP contribution in [0.3, 0.4) is 0 Å². The number of benzene rings is 1. The molecule has 0 radical (unpaired) electrons. The second-order valence-corrected chi connectivity index (χ2v) is 8.26. The Hall–Kier alpha value is -2.25. The molecule has 0 unspecified atom stereocenters. The number of carboxylic acids is 1. The van der Waals surface area contributed by atoms with Gasteiger partial charge in [0, 0.05) is 24.5 Å². The van der Waals surface area contributed by atoms with Crippen LogP contribution in [0.15, 0.2) is 18.2 Å². The van der Waals surface area contributed by atoms with Crippen LogP contribution in [0.1, 0.15) is 29.8 Å². The zero-order valence-corrected chi connectivity index (χ0v) is 16.7. The van der Waals surface area contributed by atoms with Gasteiger partial charge < -0.3 is 24.5 Å². The molecular formula is C21H29N3O4. The van der Waals surface area contributed by atoms with Gasteiger partial charge in [0.2, 0.25) is 0 Å².